The van der Waals surface area contributed by atoms with Crippen molar-refractivity contribution in [1.29, 1.82) is 0 Å². The van der Waals surface area contributed by atoms with E-state index in [0.717, 1.165) is 24.8 Å². The van der Waals surface area contributed by atoms with Crippen LogP contribution in [0, 0.1) is 0 Å². The minimum Gasteiger partial charge on any atom is -0.542 e. The normalized spacial score (nSPS) is 22.0. The van der Waals surface area contributed by atoms with Crippen LogP contribution in [0.4, 0.5) is 4.79 Å². The fraction of sp³-hybridized carbons (Fsp3) is 0.800. The van der Waals surface area contributed by atoms with Crippen LogP contribution in [-0.4, -0.2) is 41.1 Å². The van der Waals surface area contributed by atoms with Gasteiger partial charge in [-0.1, -0.05) is 0 Å². The van der Waals surface area contributed by atoms with Crippen LogP contribution in [0.1, 0.15) is 39.5 Å². The second-order valence-electron chi connectivity index (χ2n) is 5.30. The zero-order valence-corrected chi connectivity index (χ0v) is 14.3. The van der Waals surface area contributed by atoms with Gasteiger partial charge in [0.25, 0.3) is 6.16 Å². The number of rotatable bonds is 7. The molecule has 1 aliphatic heterocycles. The van der Waals surface area contributed by atoms with Gasteiger partial charge in [-0.3, -0.25) is 0 Å². The molecule has 0 saturated carbocycles. The van der Waals surface area contributed by atoms with E-state index in [4.69, 9.17) is 9.47 Å². The molecule has 0 amide bonds. The number of hydrogen-bond donors (Lipinski definition) is 0. The van der Waals surface area contributed by atoms with Crippen molar-refractivity contribution < 1.29 is 19.4 Å². The van der Waals surface area contributed by atoms with E-state index in [1.807, 2.05) is 30.4 Å². The van der Waals surface area contributed by atoms with Crippen molar-refractivity contribution in [3.05, 3.63) is 11.1 Å². The van der Waals surface area contributed by atoms with Gasteiger partial charge in [-0.15, -0.1) is 23.5 Å². The van der Waals surface area contributed by atoms with Crippen LogP contribution in [0.15, 0.2) is 11.1 Å². The maximum Gasteiger partial charge on any atom is 0.252 e. The van der Waals surface area contributed by atoms with Crippen LogP contribution < -0.4 is 5.11 Å². The largest absolute Gasteiger partial charge is 0.542 e. The third kappa shape index (κ3) is 4.11. The van der Waals surface area contributed by atoms with Gasteiger partial charge in [0.1, 0.15) is 0 Å². The minimum absolute atomic E-state index is 0.169. The number of thioether (sulfide) groups is 2. The standard InChI is InChI=1S/C15H24O4S2/c1-3-18-8-4-5-13(19-14(16)17)12-6-7-15(11(12)2)20-9-10-21-15/h13H,3-10H2,1-2H3,(H,16,17)/p-1. The first kappa shape index (κ1) is 17.0. The molecule has 2 rings (SSSR count). The Bertz CT molecular complexity index is 402. The molecule has 21 heavy (non-hydrogen) atoms. The Balaban J connectivity index is 2.05. The fourth-order valence-electron chi connectivity index (χ4n) is 3.07. The first-order chi connectivity index (χ1) is 10.1. The highest BCUT2D eigenvalue weighted by Crippen LogP contribution is 2.57. The molecule has 1 unspecified atom stereocenters. The van der Waals surface area contributed by atoms with E-state index in [1.54, 1.807) is 0 Å². The van der Waals surface area contributed by atoms with Gasteiger partial charge in [-0.2, -0.15) is 0 Å². The Labute approximate surface area is 135 Å². The first-order valence-electron chi connectivity index (χ1n) is 7.52. The number of hydrogen-bond acceptors (Lipinski definition) is 6. The maximum atomic E-state index is 10.9. The number of carboxylic acid groups (broad SMARTS) is 1. The molecule has 1 heterocycles. The third-order valence-corrected chi connectivity index (χ3v) is 7.85. The molecular weight excluding hydrogens is 308 g/mol. The van der Waals surface area contributed by atoms with E-state index in [1.165, 1.54) is 17.1 Å². The van der Waals surface area contributed by atoms with Gasteiger partial charge in [-0.05, 0) is 50.7 Å². The zero-order chi connectivity index (χ0) is 15.3. The second kappa shape index (κ2) is 7.79. The van der Waals surface area contributed by atoms with Crippen LogP contribution in [0.25, 0.3) is 0 Å². The minimum atomic E-state index is -1.43. The molecule has 0 aromatic heterocycles. The van der Waals surface area contributed by atoms with E-state index in [0.29, 0.717) is 19.6 Å². The summed E-state index contributed by atoms with van der Waals surface area (Å²) in [7, 11) is 0. The Morgan fingerprint density at radius 1 is 1.43 bits per heavy atom. The quantitative estimate of drug-likeness (QED) is 0.406. The average molecular weight is 331 g/mol. The molecular formula is C15H23O4S2-. The van der Waals surface area contributed by atoms with Crippen molar-refractivity contribution in [2.24, 2.45) is 0 Å². The molecule has 0 N–H and O–H groups in total. The molecule has 0 bridgehead atoms. The van der Waals surface area contributed by atoms with Crippen LogP contribution in [0.5, 0.6) is 0 Å². The SMILES string of the molecule is CCOCCCC(OC(=O)[O-])C1=C(C)C2(CC1)SCCS2. The molecule has 0 aromatic rings. The van der Waals surface area contributed by atoms with Gasteiger partial charge in [0.2, 0.25) is 0 Å². The van der Waals surface area contributed by atoms with Crippen molar-refractivity contribution in [2.75, 3.05) is 24.7 Å². The summed E-state index contributed by atoms with van der Waals surface area (Å²) in [6.45, 7) is 5.42. The molecule has 120 valence electrons. The summed E-state index contributed by atoms with van der Waals surface area (Å²) in [5, 5.41) is 10.9. The smallest absolute Gasteiger partial charge is 0.252 e. The third-order valence-electron chi connectivity index (χ3n) is 4.12. The highest BCUT2D eigenvalue weighted by atomic mass is 32.2. The highest BCUT2D eigenvalue weighted by Gasteiger charge is 2.43. The summed E-state index contributed by atoms with van der Waals surface area (Å²) < 4.78 is 10.6. The molecule has 0 aromatic carbocycles. The Kier molecular flexibility index (Phi) is 6.32. The zero-order valence-electron chi connectivity index (χ0n) is 12.7. The number of ether oxygens (including phenoxy) is 2. The van der Waals surface area contributed by atoms with E-state index < -0.39 is 6.16 Å². The summed E-state index contributed by atoms with van der Waals surface area (Å²) in [5.41, 5.74) is 2.48. The lowest BCUT2D eigenvalue weighted by molar-refractivity contribution is -0.286. The summed E-state index contributed by atoms with van der Waals surface area (Å²) in [5.74, 6) is 2.34. The summed E-state index contributed by atoms with van der Waals surface area (Å²) in [6.07, 6.45) is 1.70. The van der Waals surface area contributed by atoms with Crippen LogP contribution in [0.3, 0.4) is 0 Å². The summed E-state index contributed by atoms with van der Waals surface area (Å²) >= 11 is 3.99. The predicted octanol–water partition coefficient (Wildman–Crippen LogP) is 2.82. The van der Waals surface area contributed by atoms with Crippen LogP contribution in [-0.2, 0) is 9.47 Å². The summed E-state index contributed by atoms with van der Waals surface area (Å²) in [6, 6.07) is 0. The maximum absolute atomic E-state index is 10.9. The lowest BCUT2D eigenvalue weighted by Crippen LogP contribution is -2.30. The van der Waals surface area contributed by atoms with Gasteiger partial charge in [0.05, 0.1) is 10.2 Å². The van der Waals surface area contributed by atoms with Gasteiger partial charge in [0, 0.05) is 24.7 Å². The lowest BCUT2D eigenvalue weighted by atomic mass is 10.0. The van der Waals surface area contributed by atoms with Crippen molar-refractivity contribution in [3.8, 4) is 0 Å². The van der Waals surface area contributed by atoms with E-state index in [9.17, 15) is 9.90 Å². The Morgan fingerprint density at radius 2 is 2.14 bits per heavy atom. The topological polar surface area (TPSA) is 58.6 Å². The average Bonchev–Trinajstić information content (AvgIpc) is 3.04. The molecule has 6 heteroatoms. The van der Waals surface area contributed by atoms with Gasteiger partial charge in [-0.25, -0.2) is 0 Å². The molecule has 1 fully saturated rings. The summed E-state index contributed by atoms with van der Waals surface area (Å²) in [4.78, 5) is 10.9. The van der Waals surface area contributed by atoms with Crippen LogP contribution >= 0.6 is 23.5 Å². The van der Waals surface area contributed by atoms with Crippen molar-refractivity contribution >= 4 is 29.7 Å². The van der Waals surface area contributed by atoms with E-state index in [-0.39, 0.29) is 10.2 Å². The Morgan fingerprint density at radius 3 is 2.76 bits per heavy atom. The van der Waals surface area contributed by atoms with E-state index in [2.05, 4.69) is 6.92 Å². The predicted molar refractivity (Wildman–Crippen MR) is 85.6 cm³/mol. The highest BCUT2D eigenvalue weighted by molar-refractivity contribution is 8.21. The monoisotopic (exact) mass is 331 g/mol. The van der Waals surface area contributed by atoms with Crippen molar-refractivity contribution in [2.45, 2.75) is 49.7 Å². The number of carbonyl (C=O) groups excluding carboxylic acids is 1. The molecule has 1 saturated heterocycles. The molecule has 1 aliphatic carbocycles. The van der Waals surface area contributed by atoms with E-state index >= 15 is 0 Å². The van der Waals surface area contributed by atoms with Crippen molar-refractivity contribution in [3.63, 3.8) is 0 Å². The first-order valence-corrected chi connectivity index (χ1v) is 9.49. The van der Waals surface area contributed by atoms with Gasteiger partial charge < -0.3 is 19.4 Å². The van der Waals surface area contributed by atoms with Gasteiger partial charge in [0.15, 0.2) is 0 Å². The fourth-order valence-corrected chi connectivity index (χ4v) is 6.42. The number of carbonyl (C=O) groups is 1. The van der Waals surface area contributed by atoms with Crippen molar-refractivity contribution in [1.82, 2.24) is 0 Å². The molecule has 2 aliphatic rings. The Hall–Kier alpha value is -0.330. The molecule has 1 atom stereocenters. The second-order valence-corrected chi connectivity index (χ2v) is 8.34. The molecule has 1 spiro atoms. The van der Waals surface area contributed by atoms with Gasteiger partial charge >= 0.3 is 0 Å². The van der Waals surface area contributed by atoms with Crippen LogP contribution in [0.2, 0.25) is 0 Å². The molecule has 0 radical (unpaired) electrons. The lowest BCUT2D eigenvalue weighted by Gasteiger charge is -2.27. The molecule has 4 nitrogen and oxygen atoms in total.